The molecular formula is C22H33N5O6S. The maximum atomic E-state index is 12.6. The lowest BCUT2D eigenvalue weighted by atomic mass is 9.98. The van der Waals surface area contributed by atoms with Crippen LogP contribution in [-0.2, 0) is 19.6 Å². The number of carbonyl (C=O) groups excluding carboxylic acids is 2. The fraction of sp³-hybridized carbons (Fsp3) is 0.727. The van der Waals surface area contributed by atoms with Gasteiger partial charge < -0.3 is 14.4 Å². The van der Waals surface area contributed by atoms with Gasteiger partial charge in [-0.3, -0.25) is 14.7 Å². The highest BCUT2D eigenvalue weighted by atomic mass is 32.2. The Kier molecular flexibility index (Phi) is 6.99. The van der Waals surface area contributed by atoms with Gasteiger partial charge in [0.15, 0.2) is 5.82 Å². The van der Waals surface area contributed by atoms with Crippen molar-refractivity contribution in [3.05, 3.63) is 12.4 Å². The van der Waals surface area contributed by atoms with Crippen molar-refractivity contribution in [1.82, 2.24) is 19.2 Å². The van der Waals surface area contributed by atoms with Crippen molar-refractivity contribution in [2.75, 3.05) is 44.2 Å². The van der Waals surface area contributed by atoms with Crippen molar-refractivity contribution in [2.45, 2.75) is 57.3 Å². The maximum absolute atomic E-state index is 12.6. The Labute approximate surface area is 200 Å². The monoisotopic (exact) mass is 495 g/mol. The summed E-state index contributed by atoms with van der Waals surface area (Å²) in [4.78, 5) is 36.6. The minimum absolute atomic E-state index is 0.205. The van der Waals surface area contributed by atoms with Crippen LogP contribution in [0.3, 0.4) is 0 Å². The van der Waals surface area contributed by atoms with E-state index in [0.29, 0.717) is 31.4 Å². The van der Waals surface area contributed by atoms with Crippen LogP contribution in [0.25, 0.3) is 0 Å². The lowest BCUT2D eigenvalue weighted by Crippen LogP contribution is -2.53. The molecule has 2 amide bonds. The molecular weight excluding hydrogens is 462 g/mol. The van der Waals surface area contributed by atoms with E-state index in [0.717, 1.165) is 25.7 Å². The molecule has 0 atom stereocenters. The van der Waals surface area contributed by atoms with Crippen LogP contribution >= 0.6 is 0 Å². The van der Waals surface area contributed by atoms with Gasteiger partial charge in [-0.15, -0.1) is 0 Å². The number of likely N-dealkylation sites (tertiary alicyclic amines) is 1. The molecule has 0 bridgehead atoms. The number of nitrogens with zero attached hydrogens (tertiary/aromatic N) is 5. The second kappa shape index (κ2) is 9.65. The van der Waals surface area contributed by atoms with E-state index in [4.69, 9.17) is 9.47 Å². The molecule has 3 heterocycles. The predicted octanol–water partition coefficient (Wildman–Crippen LogP) is 1.64. The summed E-state index contributed by atoms with van der Waals surface area (Å²) < 4.78 is 37.3. The van der Waals surface area contributed by atoms with E-state index in [2.05, 4.69) is 9.97 Å². The third-order valence-corrected chi connectivity index (χ3v) is 8.87. The summed E-state index contributed by atoms with van der Waals surface area (Å²) in [7, 11) is -3.49. The molecule has 34 heavy (non-hydrogen) atoms. The van der Waals surface area contributed by atoms with Gasteiger partial charge in [-0.2, -0.15) is 9.29 Å². The number of rotatable bonds is 7. The normalized spacial score (nSPS) is 21.6. The van der Waals surface area contributed by atoms with Crippen LogP contribution in [0, 0.1) is 5.92 Å². The average molecular weight is 496 g/mol. The summed E-state index contributed by atoms with van der Waals surface area (Å²) in [6.07, 6.45) is 6.22. The number of hydrogen-bond donors (Lipinski definition) is 0. The molecule has 4 rings (SSSR count). The van der Waals surface area contributed by atoms with Crippen LogP contribution in [0.1, 0.15) is 46.5 Å². The maximum Gasteiger partial charge on any atom is 0.410 e. The number of amides is 2. The summed E-state index contributed by atoms with van der Waals surface area (Å²) in [6.45, 7) is 7.06. The van der Waals surface area contributed by atoms with Crippen LogP contribution < -0.4 is 9.64 Å². The first-order chi connectivity index (χ1) is 16.1. The molecule has 2 aliphatic heterocycles. The summed E-state index contributed by atoms with van der Waals surface area (Å²) in [6, 6.07) is 0. The number of piperidine rings is 1. The van der Waals surface area contributed by atoms with Gasteiger partial charge in [-0.1, -0.05) is 0 Å². The second-order valence-corrected chi connectivity index (χ2v) is 12.2. The minimum atomic E-state index is -3.49. The van der Waals surface area contributed by atoms with Crippen LogP contribution in [0.4, 0.5) is 10.6 Å². The molecule has 11 nitrogen and oxygen atoms in total. The van der Waals surface area contributed by atoms with Crippen molar-refractivity contribution in [3.63, 3.8) is 0 Å². The molecule has 1 aliphatic carbocycles. The van der Waals surface area contributed by atoms with Gasteiger partial charge in [0.1, 0.15) is 5.60 Å². The number of sulfonamides is 1. The predicted molar refractivity (Wildman–Crippen MR) is 124 cm³/mol. The first kappa shape index (κ1) is 24.6. The van der Waals surface area contributed by atoms with Gasteiger partial charge in [-0.25, -0.2) is 13.2 Å². The van der Waals surface area contributed by atoms with Crippen molar-refractivity contribution in [1.29, 1.82) is 0 Å². The molecule has 2 saturated heterocycles. The number of piperazine rings is 1. The van der Waals surface area contributed by atoms with Crippen molar-refractivity contribution in [3.8, 4) is 5.88 Å². The van der Waals surface area contributed by atoms with E-state index in [-0.39, 0.29) is 43.2 Å². The highest BCUT2D eigenvalue weighted by molar-refractivity contribution is 7.89. The molecule has 1 saturated carbocycles. The molecule has 12 heteroatoms. The van der Waals surface area contributed by atoms with Crippen LogP contribution in [-0.4, -0.2) is 89.8 Å². The minimum Gasteiger partial charge on any atom is -0.476 e. The lowest BCUT2D eigenvalue weighted by molar-refractivity contribution is -0.120. The fourth-order valence-corrected chi connectivity index (χ4v) is 5.21. The third-order valence-electron chi connectivity index (χ3n) is 6.65. The van der Waals surface area contributed by atoms with E-state index >= 15 is 0 Å². The number of aromatic nitrogens is 2. The molecule has 0 aromatic carbocycles. The number of ether oxygens (including phenoxy) is 2. The SMILES string of the molecule is CC(C)S(=O)(=O)N1CCN(c2cncc(OCC3CCN(C(=O)OC4(C)CC4)CC3)n2)C(=O)C1. The zero-order chi connectivity index (χ0) is 24.5. The Bertz CT molecular complexity index is 1020. The average Bonchev–Trinajstić information content (AvgIpc) is 3.54. The molecule has 0 unspecified atom stereocenters. The molecule has 1 aromatic heterocycles. The molecule has 188 valence electrons. The zero-order valence-electron chi connectivity index (χ0n) is 20.0. The van der Waals surface area contributed by atoms with Gasteiger partial charge >= 0.3 is 6.09 Å². The highest BCUT2D eigenvalue weighted by Crippen LogP contribution is 2.39. The Morgan fingerprint density at radius 1 is 1.18 bits per heavy atom. The first-order valence-electron chi connectivity index (χ1n) is 11.8. The molecule has 0 spiro atoms. The van der Waals surface area contributed by atoms with Gasteiger partial charge in [0.05, 0.1) is 30.8 Å². The van der Waals surface area contributed by atoms with Crippen molar-refractivity contribution < 1.29 is 27.5 Å². The lowest BCUT2D eigenvalue weighted by Gasteiger charge is -2.33. The number of hydrogen-bond acceptors (Lipinski definition) is 8. The van der Waals surface area contributed by atoms with Gasteiger partial charge in [0, 0.05) is 26.2 Å². The molecule has 1 aromatic rings. The van der Waals surface area contributed by atoms with Gasteiger partial charge in [-0.05, 0) is 52.4 Å². The standard InChI is InChI=1S/C22H33N5O6S/c1-16(2)34(30,31)26-10-11-27(20(28)14-26)18-12-23-13-19(24-18)32-15-17-4-8-25(9-5-17)21(29)33-22(3)6-7-22/h12-13,16-17H,4-11,14-15H2,1-3H3. The Morgan fingerprint density at radius 3 is 2.50 bits per heavy atom. The highest BCUT2D eigenvalue weighted by Gasteiger charge is 2.43. The number of anilines is 1. The van der Waals surface area contributed by atoms with E-state index in [1.807, 2.05) is 6.92 Å². The second-order valence-electron chi connectivity index (χ2n) is 9.75. The first-order valence-corrected chi connectivity index (χ1v) is 13.3. The van der Waals surface area contributed by atoms with Crippen LogP contribution in [0.5, 0.6) is 5.88 Å². The van der Waals surface area contributed by atoms with Gasteiger partial charge in [0.2, 0.25) is 21.8 Å². The molecule has 3 fully saturated rings. The number of carbonyl (C=O) groups is 2. The molecule has 0 radical (unpaired) electrons. The molecule has 3 aliphatic rings. The Balaban J connectivity index is 1.27. The largest absolute Gasteiger partial charge is 0.476 e. The van der Waals surface area contributed by atoms with E-state index in [1.54, 1.807) is 18.7 Å². The summed E-state index contributed by atoms with van der Waals surface area (Å²) in [5.41, 5.74) is -0.266. The quantitative estimate of drug-likeness (QED) is 0.560. The van der Waals surface area contributed by atoms with E-state index < -0.39 is 15.3 Å². The van der Waals surface area contributed by atoms with E-state index in [1.165, 1.54) is 21.6 Å². The van der Waals surface area contributed by atoms with E-state index in [9.17, 15) is 18.0 Å². The Hall–Kier alpha value is -2.47. The van der Waals surface area contributed by atoms with Crippen molar-refractivity contribution >= 4 is 27.8 Å². The third kappa shape index (κ3) is 5.60. The zero-order valence-corrected chi connectivity index (χ0v) is 20.8. The van der Waals surface area contributed by atoms with Crippen LogP contribution in [0.2, 0.25) is 0 Å². The topological polar surface area (TPSA) is 122 Å². The Morgan fingerprint density at radius 2 is 1.88 bits per heavy atom. The summed E-state index contributed by atoms with van der Waals surface area (Å²) in [5, 5.41) is -0.581. The molecule has 0 N–H and O–H groups in total. The van der Waals surface area contributed by atoms with Gasteiger partial charge in [0.25, 0.3) is 0 Å². The van der Waals surface area contributed by atoms with Crippen molar-refractivity contribution in [2.24, 2.45) is 5.92 Å². The smallest absolute Gasteiger partial charge is 0.410 e. The summed E-state index contributed by atoms with van der Waals surface area (Å²) >= 11 is 0. The van der Waals surface area contributed by atoms with Crippen LogP contribution in [0.15, 0.2) is 12.4 Å². The summed E-state index contributed by atoms with van der Waals surface area (Å²) in [5.74, 6) is 0.583. The fourth-order valence-electron chi connectivity index (χ4n) is 3.99.